The Kier molecular flexibility index (Phi) is 4.99. The average molecular weight is 222 g/mol. The molecule has 0 unspecified atom stereocenters. The highest BCUT2D eigenvalue weighted by Gasteiger charge is 2.07. The molecule has 88 valence electrons. The molecular weight excluding hydrogens is 204 g/mol. The third-order valence-electron chi connectivity index (χ3n) is 2.23. The molecule has 0 heterocycles. The Morgan fingerprint density at radius 3 is 2.75 bits per heavy atom. The SMILES string of the molecule is COCc1cccc(OCC(=O)C(C)C)c1. The van der Waals surface area contributed by atoms with Crippen molar-refractivity contribution < 1.29 is 14.3 Å². The van der Waals surface area contributed by atoms with Gasteiger partial charge in [0.1, 0.15) is 12.4 Å². The topological polar surface area (TPSA) is 35.5 Å². The van der Waals surface area contributed by atoms with E-state index in [1.54, 1.807) is 7.11 Å². The van der Waals surface area contributed by atoms with Crippen molar-refractivity contribution in [2.24, 2.45) is 5.92 Å². The van der Waals surface area contributed by atoms with Gasteiger partial charge in [-0.3, -0.25) is 4.79 Å². The lowest BCUT2D eigenvalue weighted by Gasteiger charge is -2.08. The Hall–Kier alpha value is -1.35. The average Bonchev–Trinajstić information content (AvgIpc) is 2.26. The number of methoxy groups -OCH3 is 1. The highest BCUT2D eigenvalue weighted by Crippen LogP contribution is 2.14. The van der Waals surface area contributed by atoms with E-state index in [4.69, 9.17) is 9.47 Å². The Labute approximate surface area is 96.4 Å². The summed E-state index contributed by atoms with van der Waals surface area (Å²) in [5.74, 6) is 0.836. The molecule has 3 nitrogen and oxygen atoms in total. The smallest absolute Gasteiger partial charge is 0.172 e. The first-order chi connectivity index (χ1) is 7.63. The van der Waals surface area contributed by atoms with E-state index in [1.165, 1.54) is 0 Å². The number of benzene rings is 1. The van der Waals surface area contributed by atoms with E-state index in [-0.39, 0.29) is 18.3 Å². The summed E-state index contributed by atoms with van der Waals surface area (Å²) >= 11 is 0. The van der Waals surface area contributed by atoms with Crippen molar-refractivity contribution in [2.45, 2.75) is 20.5 Å². The van der Waals surface area contributed by atoms with Gasteiger partial charge in [-0.25, -0.2) is 0 Å². The van der Waals surface area contributed by atoms with Gasteiger partial charge in [-0.2, -0.15) is 0 Å². The number of rotatable bonds is 6. The number of hydrogen-bond acceptors (Lipinski definition) is 3. The van der Waals surface area contributed by atoms with Crippen LogP contribution < -0.4 is 4.74 Å². The van der Waals surface area contributed by atoms with Gasteiger partial charge in [0.15, 0.2) is 5.78 Å². The molecule has 0 aliphatic rings. The summed E-state index contributed by atoms with van der Waals surface area (Å²) in [6.07, 6.45) is 0. The van der Waals surface area contributed by atoms with E-state index in [2.05, 4.69) is 0 Å². The zero-order chi connectivity index (χ0) is 12.0. The van der Waals surface area contributed by atoms with Crippen LogP contribution in [0.2, 0.25) is 0 Å². The van der Waals surface area contributed by atoms with Crippen molar-refractivity contribution in [3.8, 4) is 5.75 Å². The molecule has 0 aromatic heterocycles. The predicted octanol–water partition coefficient (Wildman–Crippen LogP) is 2.44. The van der Waals surface area contributed by atoms with Crippen LogP contribution in [0.15, 0.2) is 24.3 Å². The molecule has 1 rings (SSSR count). The monoisotopic (exact) mass is 222 g/mol. The van der Waals surface area contributed by atoms with E-state index in [0.717, 1.165) is 5.56 Å². The molecule has 0 spiro atoms. The molecule has 1 aromatic rings. The number of carbonyl (C=O) groups excluding carboxylic acids is 1. The van der Waals surface area contributed by atoms with Crippen LogP contribution in [0.3, 0.4) is 0 Å². The number of ketones is 1. The first-order valence-corrected chi connectivity index (χ1v) is 5.37. The van der Waals surface area contributed by atoms with Crippen LogP contribution in [-0.2, 0) is 16.1 Å². The Bertz CT molecular complexity index is 345. The predicted molar refractivity (Wildman–Crippen MR) is 62.5 cm³/mol. The molecule has 0 bridgehead atoms. The van der Waals surface area contributed by atoms with Crippen LogP contribution in [0, 0.1) is 5.92 Å². The third kappa shape index (κ3) is 4.03. The first-order valence-electron chi connectivity index (χ1n) is 5.37. The van der Waals surface area contributed by atoms with Crippen molar-refractivity contribution in [3.63, 3.8) is 0 Å². The minimum absolute atomic E-state index is 0.0159. The van der Waals surface area contributed by atoms with Crippen molar-refractivity contribution in [2.75, 3.05) is 13.7 Å². The molecule has 0 radical (unpaired) electrons. The number of carbonyl (C=O) groups is 1. The van der Waals surface area contributed by atoms with Gasteiger partial charge >= 0.3 is 0 Å². The zero-order valence-corrected chi connectivity index (χ0v) is 10.0. The third-order valence-corrected chi connectivity index (χ3v) is 2.23. The van der Waals surface area contributed by atoms with E-state index < -0.39 is 0 Å². The summed E-state index contributed by atoms with van der Waals surface area (Å²) in [4.78, 5) is 11.4. The molecule has 16 heavy (non-hydrogen) atoms. The van der Waals surface area contributed by atoms with Crippen molar-refractivity contribution in [1.82, 2.24) is 0 Å². The van der Waals surface area contributed by atoms with E-state index >= 15 is 0 Å². The van der Waals surface area contributed by atoms with Crippen LogP contribution in [-0.4, -0.2) is 19.5 Å². The highest BCUT2D eigenvalue weighted by atomic mass is 16.5. The lowest BCUT2D eigenvalue weighted by atomic mass is 10.1. The van der Waals surface area contributed by atoms with Crippen LogP contribution in [0.25, 0.3) is 0 Å². The molecule has 0 aliphatic heterocycles. The van der Waals surface area contributed by atoms with E-state index in [0.29, 0.717) is 12.4 Å². The lowest BCUT2D eigenvalue weighted by molar-refractivity contribution is -0.123. The lowest BCUT2D eigenvalue weighted by Crippen LogP contribution is -2.16. The molecule has 0 saturated heterocycles. The van der Waals surface area contributed by atoms with Gasteiger partial charge in [0.2, 0.25) is 0 Å². The Balaban J connectivity index is 2.53. The van der Waals surface area contributed by atoms with Gasteiger partial charge in [0, 0.05) is 13.0 Å². The second-order valence-corrected chi connectivity index (χ2v) is 3.99. The number of Topliss-reactive ketones (excluding diaryl/α,β-unsaturated/α-hetero) is 1. The van der Waals surface area contributed by atoms with E-state index in [1.807, 2.05) is 38.1 Å². The highest BCUT2D eigenvalue weighted by molar-refractivity contribution is 5.81. The molecule has 0 saturated carbocycles. The molecule has 0 amide bonds. The van der Waals surface area contributed by atoms with Gasteiger partial charge in [-0.1, -0.05) is 26.0 Å². The van der Waals surface area contributed by atoms with Crippen LogP contribution in [0.5, 0.6) is 5.75 Å². The molecular formula is C13H18O3. The standard InChI is InChI=1S/C13H18O3/c1-10(2)13(14)9-16-12-6-4-5-11(7-12)8-15-3/h4-7,10H,8-9H2,1-3H3. The summed E-state index contributed by atoms with van der Waals surface area (Å²) in [5, 5.41) is 0. The minimum Gasteiger partial charge on any atom is -0.486 e. The normalized spacial score (nSPS) is 10.5. The van der Waals surface area contributed by atoms with E-state index in [9.17, 15) is 4.79 Å². The number of ether oxygens (including phenoxy) is 2. The summed E-state index contributed by atoms with van der Waals surface area (Å²) in [7, 11) is 1.65. The Morgan fingerprint density at radius 1 is 1.38 bits per heavy atom. The summed E-state index contributed by atoms with van der Waals surface area (Å²) in [5.41, 5.74) is 1.04. The largest absolute Gasteiger partial charge is 0.486 e. The van der Waals surface area contributed by atoms with Gasteiger partial charge in [0.25, 0.3) is 0 Å². The second-order valence-electron chi connectivity index (χ2n) is 3.99. The van der Waals surface area contributed by atoms with Crippen molar-refractivity contribution in [3.05, 3.63) is 29.8 Å². The molecule has 0 fully saturated rings. The summed E-state index contributed by atoms with van der Waals surface area (Å²) in [6, 6.07) is 7.58. The van der Waals surface area contributed by atoms with Gasteiger partial charge in [0.05, 0.1) is 6.61 Å². The van der Waals surface area contributed by atoms with Gasteiger partial charge in [-0.05, 0) is 17.7 Å². The molecule has 0 aliphatic carbocycles. The molecule has 0 atom stereocenters. The fourth-order valence-electron chi connectivity index (χ4n) is 1.21. The summed E-state index contributed by atoms with van der Waals surface area (Å²) in [6.45, 7) is 4.42. The van der Waals surface area contributed by atoms with Crippen LogP contribution >= 0.6 is 0 Å². The van der Waals surface area contributed by atoms with Gasteiger partial charge in [-0.15, -0.1) is 0 Å². The van der Waals surface area contributed by atoms with Crippen molar-refractivity contribution in [1.29, 1.82) is 0 Å². The minimum atomic E-state index is 0.0159. The first kappa shape index (κ1) is 12.7. The van der Waals surface area contributed by atoms with Crippen molar-refractivity contribution >= 4 is 5.78 Å². The maximum absolute atomic E-state index is 11.4. The molecule has 1 aromatic carbocycles. The molecule has 0 N–H and O–H groups in total. The zero-order valence-electron chi connectivity index (χ0n) is 10.0. The maximum atomic E-state index is 11.4. The second kappa shape index (κ2) is 6.28. The van der Waals surface area contributed by atoms with Crippen LogP contribution in [0.1, 0.15) is 19.4 Å². The maximum Gasteiger partial charge on any atom is 0.172 e. The molecule has 3 heteroatoms. The summed E-state index contributed by atoms with van der Waals surface area (Å²) < 4.78 is 10.4. The Morgan fingerprint density at radius 2 is 2.12 bits per heavy atom. The number of hydrogen-bond donors (Lipinski definition) is 0. The fraction of sp³-hybridized carbons (Fsp3) is 0.462. The van der Waals surface area contributed by atoms with Crippen LogP contribution in [0.4, 0.5) is 0 Å². The van der Waals surface area contributed by atoms with Gasteiger partial charge < -0.3 is 9.47 Å². The fourth-order valence-corrected chi connectivity index (χ4v) is 1.21. The quantitative estimate of drug-likeness (QED) is 0.741.